The summed E-state index contributed by atoms with van der Waals surface area (Å²) in [7, 11) is 0. The SMILES string of the molecule is NC[C@H](Cc1cccc(C(O)c2ccccn2)c1)C(N)=O. The van der Waals surface area contributed by atoms with Gasteiger partial charge in [-0.15, -0.1) is 0 Å². The van der Waals surface area contributed by atoms with Crippen molar-refractivity contribution in [3.63, 3.8) is 0 Å². The van der Waals surface area contributed by atoms with Crippen molar-refractivity contribution in [2.45, 2.75) is 12.5 Å². The molecule has 5 N–H and O–H groups in total. The largest absolute Gasteiger partial charge is 0.382 e. The van der Waals surface area contributed by atoms with Crippen molar-refractivity contribution in [3.05, 3.63) is 65.5 Å². The maximum Gasteiger partial charge on any atom is 0.222 e. The Bertz CT molecular complexity index is 601. The smallest absolute Gasteiger partial charge is 0.222 e. The lowest BCUT2D eigenvalue weighted by atomic mass is 9.95. The minimum atomic E-state index is -0.795. The zero-order chi connectivity index (χ0) is 15.2. The normalized spacial score (nSPS) is 13.6. The van der Waals surface area contributed by atoms with Crippen LogP contribution in [-0.2, 0) is 11.2 Å². The first kappa shape index (κ1) is 15.2. The fraction of sp³-hybridized carbons (Fsp3) is 0.250. The summed E-state index contributed by atoms with van der Waals surface area (Å²) in [5, 5.41) is 10.3. The third kappa shape index (κ3) is 3.87. The van der Waals surface area contributed by atoms with Crippen LogP contribution in [0.4, 0.5) is 0 Å². The van der Waals surface area contributed by atoms with E-state index in [2.05, 4.69) is 4.98 Å². The zero-order valence-corrected chi connectivity index (χ0v) is 11.6. The Balaban J connectivity index is 2.19. The molecule has 2 atom stereocenters. The van der Waals surface area contributed by atoms with Crippen molar-refractivity contribution in [2.75, 3.05) is 6.54 Å². The first-order valence-electron chi connectivity index (χ1n) is 6.79. The molecular formula is C16H19N3O2. The van der Waals surface area contributed by atoms with E-state index in [-0.39, 0.29) is 6.54 Å². The number of primary amides is 1. The molecule has 5 heteroatoms. The van der Waals surface area contributed by atoms with Crippen molar-refractivity contribution in [2.24, 2.45) is 17.4 Å². The van der Waals surface area contributed by atoms with Crippen LogP contribution in [0.15, 0.2) is 48.7 Å². The Morgan fingerprint density at radius 1 is 1.24 bits per heavy atom. The van der Waals surface area contributed by atoms with Crippen LogP contribution in [0.1, 0.15) is 22.9 Å². The van der Waals surface area contributed by atoms with Gasteiger partial charge >= 0.3 is 0 Å². The molecule has 0 bridgehead atoms. The second kappa shape index (κ2) is 6.97. The molecule has 2 aromatic rings. The molecule has 0 aliphatic carbocycles. The van der Waals surface area contributed by atoms with Crippen molar-refractivity contribution >= 4 is 5.91 Å². The van der Waals surface area contributed by atoms with E-state index in [1.54, 1.807) is 18.3 Å². The quantitative estimate of drug-likeness (QED) is 0.729. The number of aliphatic hydroxyl groups excluding tert-OH is 1. The molecule has 1 heterocycles. The van der Waals surface area contributed by atoms with Crippen LogP contribution >= 0.6 is 0 Å². The van der Waals surface area contributed by atoms with Crippen LogP contribution in [0.5, 0.6) is 0 Å². The van der Waals surface area contributed by atoms with Gasteiger partial charge in [0.25, 0.3) is 0 Å². The van der Waals surface area contributed by atoms with Crippen LogP contribution < -0.4 is 11.5 Å². The molecule has 1 amide bonds. The summed E-state index contributed by atoms with van der Waals surface area (Å²) in [4.78, 5) is 15.4. The Morgan fingerprint density at radius 3 is 2.67 bits per heavy atom. The second-order valence-electron chi connectivity index (χ2n) is 4.94. The number of nitrogens with two attached hydrogens (primary N) is 2. The maximum atomic E-state index is 11.3. The Kier molecular flexibility index (Phi) is 5.03. The maximum absolute atomic E-state index is 11.3. The van der Waals surface area contributed by atoms with Crippen molar-refractivity contribution in [3.8, 4) is 0 Å². The number of aromatic nitrogens is 1. The fourth-order valence-electron chi connectivity index (χ4n) is 2.18. The first-order chi connectivity index (χ1) is 10.1. The highest BCUT2D eigenvalue weighted by atomic mass is 16.3. The number of pyridine rings is 1. The monoisotopic (exact) mass is 285 g/mol. The lowest BCUT2D eigenvalue weighted by Crippen LogP contribution is -2.31. The van der Waals surface area contributed by atoms with Crippen molar-refractivity contribution in [1.29, 1.82) is 0 Å². The molecule has 5 nitrogen and oxygen atoms in total. The molecule has 0 saturated carbocycles. The molecular weight excluding hydrogens is 266 g/mol. The van der Waals surface area contributed by atoms with E-state index in [4.69, 9.17) is 11.5 Å². The molecule has 0 saturated heterocycles. The zero-order valence-electron chi connectivity index (χ0n) is 11.6. The molecule has 110 valence electrons. The summed E-state index contributed by atoms with van der Waals surface area (Å²) in [5.74, 6) is -0.805. The molecule has 1 aromatic carbocycles. The summed E-state index contributed by atoms with van der Waals surface area (Å²) in [5.41, 5.74) is 13.1. The third-order valence-corrected chi connectivity index (χ3v) is 3.40. The van der Waals surface area contributed by atoms with Crippen LogP contribution in [-0.4, -0.2) is 22.5 Å². The fourth-order valence-corrected chi connectivity index (χ4v) is 2.18. The van der Waals surface area contributed by atoms with Crippen LogP contribution in [0, 0.1) is 5.92 Å². The number of benzene rings is 1. The molecule has 1 aromatic heterocycles. The van der Waals surface area contributed by atoms with E-state index < -0.39 is 17.9 Å². The molecule has 0 aliphatic rings. The summed E-state index contributed by atoms with van der Waals surface area (Å²) in [6.07, 6.45) is 1.31. The number of amides is 1. The molecule has 1 unspecified atom stereocenters. The van der Waals surface area contributed by atoms with Gasteiger partial charge < -0.3 is 16.6 Å². The lowest BCUT2D eigenvalue weighted by Gasteiger charge is -2.14. The molecule has 0 fully saturated rings. The summed E-state index contributed by atoms with van der Waals surface area (Å²) in [6.45, 7) is 0.211. The minimum Gasteiger partial charge on any atom is -0.382 e. The molecule has 0 radical (unpaired) electrons. The summed E-state index contributed by atoms with van der Waals surface area (Å²) >= 11 is 0. The summed E-state index contributed by atoms with van der Waals surface area (Å²) < 4.78 is 0. The predicted molar refractivity (Wildman–Crippen MR) is 80.2 cm³/mol. The van der Waals surface area contributed by atoms with E-state index in [9.17, 15) is 9.90 Å². The van der Waals surface area contributed by atoms with E-state index in [1.807, 2.05) is 30.3 Å². The summed E-state index contributed by atoms with van der Waals surface area (Å²) in [6, 6.07) is 12.8. The molecule has 0 spiro atoms. The van der Waals surface area contributed by atoms with Crippen molar-refractivity contribution in [1.82, 2.24) is 4.98 Å². The third-order valence-electron chi connectivity index (χ3n) is 3.40. The van der Waals surface area contributed by atoms with E-state index in [0.717, 1.165) is 11.1 Å². The van der Waals surface area contributed by atoms with Gasteiger partial charge in [0.1, 0.15) is 6.10 Å². The molecule has 21 heavy (non-hydrogen) atoms. The van der Waals surface area contributed by atoms with E-state index in [1.165, 1.54) is 0 Å². The average Bonchev–Trinajstić information content (AvgIpc) is 2.52. The van der Waals surface area contributed by atoms with Crippen molar-refractivity contribution < 1.29 is 9.90 Å². The Hall–Kier alpha value is -2.24. The van der Waals surface area contributed by atoms with Gasteiger partial charge in [-0.2, -0.15) is 0 Å². The lowest BCUT2D eigenvalue weighted by molar-refractivity contribution is -0.121. The van der Waals surface area contributed by atoms with Gasteiger partial charge in [0.05, 0.1) is 11.6 Å². The number of carbonyl (C=O) groups excluding carboxylic acids is 1. The number of hydrogen-bond acceptors (Lipinski definition) is 4. The van der Waals surface area contributed by atoms with E-state index in [0.29, 0.717) is 12.1 Å². The van der Waals surface area contributed by atoms with Gasteiger partial charge in [-0.3, -0.25) is 9.78 Å². The van der Waals surface area contributed by atoms with Gasteiger partial charge in [-0.1, -0.05) is 30.3 Å². The number of carbonyl (C=O) groups is 1. The topological polar surface area (TPSA) is 102 Å². The van der Waals surface area contributed by atoms with Gasteiger partial charge in [0, 0.05) is 12.7 Å². The number of nitrogens with zero attached hydrogens (tertiary/aromatic N) is 1. The number of hydrogen-bond donors (Lipinski definition) is 3. The minimum absolute atomic E-state index is 0.211. The Morgan fingerprint density at radius 2 is 2.05 bits per heavy atom. The number of rotatable bonds is 6. The van der Waals surface area contributed by atoms with Gasteiger partial charge in [-0.05, 0) is 29.7 Å². The highest BCUT2D eigenvalue weighted by molar-refractivity contribution is 5.77. The first-order valence-corrected chi connectivity index (χ1v) is 6.79. The highest BCUT2D eigenvalue weighted by Gasteiger charge is 2.16. The molecule has 2 rings (SSSR count). The van der Waals surface area contributed by atoms with Gasteiger partial charge in [-0.25, -0.2) is 0 Å². The van der Waals surface area contributed by atoms with Crippen LogP contribution in [0.2, 0.25) is 0 Å². The standard InChI is InChI=1S/C16H19N3O2/c17-10-13(16(18)21)9-11-4-3-5-12(8-11)15(20)14-6-1-2-7-19-14/h1-8,13,15,20H,9-10,17H2,(H2,18,21)/t13-,15?/m0/s1. The average molecular weight is 285 g/mol. The predicted octanol–water partition coefficient (Wildman–Crippen LogP) is 0.766. The second-order valence-corrected chi connectivity index (χ2v) is 4.94. The van der Waals surface area contributed by atoms with Gasteiger partial charge in [0.2, 0.25) is 5.91 Å². The molecule has 0 aliphatic heterocycles. The van der Waals surface area contributed by atoms with Crippen LogP contribution in [0.3, 0.4) is 0 Å². The van der Waals surface area contributed by atoms with E-state index >= 15 is 0 Å². The number of aliphatic hydroxyl groups is 1. The highest BCUT2D eigenvalue weighted by Crippen LogP contribution is 2.21. The Labute approximate surface area is 123 Å². The van der Waals surface area contributed by atoms with Gasteiger partial charge in [0.15, 0.2) is 0 Å². The van der Waals surface area contributed by atoms with Crippen LogP contribution in [0.25, 0.3) is 0 Å².